The predicted molar refractivity (Wildman–Crippen MR) is 64.4 cm³/mol. The number of hydrogen-bond acceptors (Lipinski definition) is 3. The molecular formula is C12H18ClNO2. The average molecular weight is 244 g/mol. The van der Waals surface area contributed by atoms with Crippen LogP contribution in [0.25, 0.3) is 0 Å². The molecule has 0 N–H and O–H groups in total. The van der Waals surface area contributed by atoms with Crippen LogP contribution in [0.5, 0.6) is 0 Å². The van der Waals surface area contributed by atoms with E-state index in [0.717, 1.165) is 5.56 Å². The summed E-state index contributed by atoms with van der Waals surface area (Å²) in [4.78, 5) is 4.02. The van der Waals surface area contributed by atoms with Crippen LogP contribution in [-0.2, 0) is 9.47 Å². The highest BCUT2D eigenvalue weighted by molar-refractivity contribution is 6.29. The van der Waals surface area contributed by atoms with Crippen LogP contribution in [0, 0.1) is 0 Å². The first-order chi connectivity index (χ1) is 7.49. The lowest BCUT2D eigenvalue weighted by Crippen LogP contribution is -2.17. The number of hydrogen-bond donors (Lipinski definition) is 0. The van der Waals surface area contributed by atoms with Gasteiger partial charge in [-0.25, -0.2) is 4.98 Å². The van der Waals surface area contributed by atoms with Crippen LogP contribution in [0.2, 0.25) is 5.15 Å². The van der Waals surface area contributed by atoms with E-state index < -0.39 is 0 Å². The lowest BCUT2D eigenvalue weighted by molar-refractivity contribution is -0.185. The molecule has 0 saturated carbocycles. The Labute approximate surface area is 102 Å². The lowest BCUT2D eigenvalue weighted by atomic mass is 10.2. The Balaban J connectivity index is 2.78. The Morgan fingerprint density at radius 3 is 2.00 bits per heavy atom. The van der Waals surface area contributed by atoms with Gasteiger partial charge < -0.3 is 9.47 Å². The van der Waals surface area contributed by atoms with Crippen molar-refractivity contribution in [3.05, 3.63) is 29.0 Å². The first-order valence-corrected chi connectivity index (χ1v) is 5.79. The SMILES string of the molecule is CC(C)OC(OC(C)C)c1ccc(Cl)nc1. The summed E-state index contributed by atoms with van der Waals surface area (Å²) in [7, 11) is 0. The van der Waals surface area contributed by atoms with Crippen LogP contribution >= 0.6 is 11.6 Å². The van der Waals surface area contributed by atoms with Crippen LogP contribution in [0.1, 0.15) is 39.5 Å². The zero-order chi connectivity index (χ0) is 12.1. The molecule has 90 valence electrons. The second-order valence-electron chi connectivity index (χ2n) is 4.12. The topological polar surface area (TPSA) is 31.4 Å². The number of pyridine rings is 1. The van der Waals surface area contributed by atoms with E-state index >= 15 is 0 Å². The molecule has 1 aromatic heterocycles. The molecule has 0 fully saturated rings. The summed E-state index contributed by atoms with van der Waals surface area (Å²) >= 11 is 5.74. The van der Waals surface area contributed by atoms with Gasteiger partial charge in [-0.05, 0) is 39.8 Å². The Hall–Kier alpha value is -0.640. The summed E-state index contributed by atoms with van der Waals surface area (Å²) in [6.45, 7) is 7.89. The molecule has 0 atom stereocenters. The smallest absolute Gasteiger partial charge is 0.185 e. The molecule has 0 unspecified atom stereocenters. The highest BCUT2D eigenvalue weighted by Crippen LogP contribution is 2.22. The van der Waals surface area contributed by atoms with Crippen LogP contribution in [-0.4, -0.2) is 17.2 Å². The van der Waals surface area contributed by atoms with Gasteiger partial charge in [-0.2, -0.15) is 0 Å². The molecule has 0 spiro atoms. The molecule has 0 amide bonds. The van der Waals surface area contributed by atoms with Crippen molar-refractivity contribution in [2.75, 3.05) is 0 Å². The van der Waals surface area contributed by atoms with E-state index in [0.29, 0.717) is 5.15 Å². The summed E-state index contributed by atoms with van der Waals surface area (Å²) in [6, 6.07) is 3.60. The van der Waals surface area contributed by atoms with E-state index in [-0.39, 0.29) is 18.5 Å². The number of halogens is 1. The molecule has 3 nitrogen and oxygen atoms in total. The maximum atomic E-state index is 5.74. The zero-order valence-electron chi connectivity index (χ0n) is 10.1. The minimum Gasteiger partial charge on any atom is -0.346 e. The molecule has 0 aromatic carbocycles. The summed E-state index contributed by atoms with van der Waals surface area (Å²) in [5.74, 6) is 0. The van der Waals surface area contributed by atoms with Crippen molar-refractivity contribution in [2.24, 2.45) is 0 Å². The summed E-state index contributed by atoms with van der Waals surface area (Å²) in [5, 5.41) is 0.469. The van der Waals surface area contributed by atoms with E-state index in [2.05, 4.69) is 4.98 Å². The van der Waals surface area contributed by atoms with Gasteiger partial charge in [0.25, 0.3) is 0 Å². The molecule has 1 aromatic rings. The summed E-state index contributed by atoms with van der Waals surface area (Å²) in [5.41, 5.74) is 0.881. The van der Waals surface area contributed by atoms with Crippen LogP contribution < -0.4 is 0 Å². The van der Waals surface area contributed by atoms with Gasteiger partial charge in [0, 0.05) is 11.8 Å². The van der Waals surface area contributed by atoms with Gasteiger partial charge in [-0.1, -0.05) is 11.6 Å². The standard InChI is InChI=1S/C12H18ClNO2/c1-8(2)15-12(16-9(3)4)10-5-6-11(13)14-7-10/h5-9,12H,1-4H3. The number of nitrogens with zero attached hydrogens (tertiary/aromatic N) is 1. The zero-order valence-corrected chi connectivity index (χ0v) is 10.9. The van der Waals surface area contributed by atoms with Gasteiger partial charge in [0.1, 0.15) is 5.15 Å². The van der Waals surface area contributed by atoms with Gasteiger partial charge in [-0.15, -0.1) is 0 Å². The molecule has 1 heterocycles. The molecule has 0 aliphatic heterocycles. The number of rotatable bonds is 5. The third-order valence-corrected chi connectivity index (χ3v) is 2.04. The third-order valence-electron chi connectivity index (χ3n) is 1.81. The van der Waals surface area contributed by atoms with E-state index in [1.54, 1.807) is 12.3 Å². The van der Waals surface area contributed by atoms with Crippen molar-refractivity contribution in [3.63, 3.8) is 0 Å². The normalized spacial score (nSPS) is 11.8. The monoisotopic (exact) mass is 243 g/mol. The van der Waals surface area contributed by atoms with Crippen molar-refractivity contribution in [1.82, 2.24) is 4.98 Å². The second-order valence-corrected chi connectivity index (χ2v) is 4.50. The molecule has 0 saturated heterocycles. The van der Waals surface area contributed by atoms with E-state index in [1.165, 1.54) is 0 Å². The highest BCUT2D eigenvalue weighted by Gasteiger charge is 2.16. The first kappa shape index (κ1) is 13.4. The minimum absolute atomic E-state index is 0.0967. The largest absolute Gasteiger partial charge is 0.346 e. The number of aromatic nitrogens is 1. The lowest BCUT2D eigenvalue weighted by Gasteiger charge is -2.23. The Morgan fingerprint density at radius 1 is 1.06 bits per heavy atom. The van der Waals surface area contributed by atoms with Crippen LogP contribution in [0.15, 0.2) is 18.3 Å². The van der Waals surface area contributed by atoms with Crippen molar-refractivity contribution in [3.8, 4) is 0 Å². The fourth-order valence-corrected chi connectivity index (χ4v) is 1.32. The molecular weight excluding hydrogens is 226 g/mol. The fraction of sp³-hybridized carbons (Fsp3) is 0.583. The molecule has 0 bridgehead atoms. The molecule has 0 aliphatic rings. The van der Waals surface area contributed by atoms with Gasteiger partial charge in [0.05, 0.1) is 12.2 Å². The number of ether oxygens (including phenoxy) is 2. The quantitative estimate of drug-likeness (QED) is 0.585. The summed E-state index contributed by atoms with van der Waals surface area (Å²) in [6.07, 6.45) is 1.49. The molecule has 16 heavy (non-hydrogen) atoms. The Bertz CT molecular complexity index is 301. The average Bonchev–Trinajstić information content (AvgIpc) is 2.16. The Morgan fingerprint density at radius 2 is 1.62 bits per heavy atom. The van der Waals surface area contributed by atoms with Gasteiger partial charge >= 0.3 is 0 Å². The van der Waals surface area contributed by atoms with E-state index in [4.69, 9.17) is 21.1 Å². The molecule has 1 rings (SSSR count). The van der Waals surface area contributed by atoms with Gasteiger partial charge in [-0.3, -0.25) is 0 Å². The predicted octanol–water partition coefficient (Wildman–Crippen LogP) is 3.58. The molecule has 0 radical (unpaired) electrons. The van der Waals surface area contributed by atoms with Crippen molar-refractivity contribution in [1.29, 1.82) is 0 Å². The molecule has 0 aliphatic carbocycles. The van der Waals surface area contributed by atoms with Crippen molar-refractivity contribution in [2.45, 2.75) is 46.2 Å². The van der Waals surface area contributed by atoms with E-state index in [1.807, 2.05) is 33.8 Å². The second kappa shape index (κ2) is 6.18. The maximum absolute atomic E-state index is 5.74. The molecule has 4 heteroatoms. The first-order valence-electron chi connectivity index (χ1n) is 5.41. The van der Waals surface area contributed by atoms with Crippen molar-refractivity contribution >= 4 is 11.6 Å². The van der Waals surface area contributed by atoms with Gasteiger partial charge in [0.2, 0.25) is 0 Å². The maximum Gasteiger partial charge on any atom is 0.185 e. The highest BCUT2D eigenvalue weighted by atomic mass is 35.5. The van der Waals surface area contributed by atoms with Crippen LogP contribution in [0.4, 0.5) is 0 Å². The van der Waals surface area contributed by atoms with Crippen LogP contribution in [0.3, 0.4) is 0 Å². The van der Waals surface area contributed by atoms with Crippen molar-refractivity contribution < 1.29 is 9.47 Å². The minimum atomic E-state index is -0.384. The third kappa shape index (κ3) is 4.47. The van der Waals surface area contributed by atoms with E-state index in [9.17, 15) is 0 Å². The Kier molecular flexibility index (Phi) is 5.19. The summed E-state index contributed by atoms with van der Waals surface area (Å²) < 4.78 is 11.4. The fourth-order valence-electron chi connectivity index (χ4n) is 1.21. The van der Waals surface area contributed by atoms with Gasteiger partial charge in [0.15, 0.2) is 6.29 Å².